The Morgan fingerprint density at radius 3 is 2.83 bits per heavy atom. The van der Waals surface area contributed by atoms with Crippen molar-refractivity contribution in [3.8, 4) is 0 Å². The molecule has 0 spiro atoms. The van der Waals surface area contributed by atoms with Gasteiger partial charge in [0.1, 0.15) is 11.5 Å². The van der Waals surface area contributed by atoms with E-state index in [0.29, 0.717) is 5.92 Å². The summed E-state index contributed by atoms with van der Waals surface area (Å²) in [6.45, 7) is 0.764. The molecule has 2 N–H and O–H groups in total. The molecule has 1 fully saturated rings. The van der Waals surface area contributed by atoms with Crippen molar-refractivity contribution in [1.82, 2.24) is 9.78 Å². The summed E-state index contributed by atoms with van der Waals surface area (Å²) in [6.07, 6.45) is 6.04. The van der Waals surface area contributed by atoms with Gasteiger partial charge in [-0.05, 0) is 18.4 Å². The normalized spacial score (nSPS) is 15.9. The fourth-order valence-electron chi connectivity index (χ4n) is 1.89. The first-order valence-electron chi connectivity index (χ1n) is 6.22. The molecule has 0 amide bonds. The summed E-state index contributed by atoms with van der Waals surface area (Å²) in [5, 5.41) is 4.30. The van der Waals surface area contributed by atoms with Crippen LogP contribution in [-0.2, 0) is 6.54 Å². The van der Waals surface area contributed by atoms with Crippen molar-refractivity contribution in [3.63, 3.8) is 0 Å². The molecule has 0 atom stereocenters. The lowest BCUT2D eigenvalue weighted by atomic mass is 10.2. The summed E-state index contributed by atoms with van der Waals surface area (Å²) in [5.74, 6) is 1.25. The van der Waals surface area contributed by atoms with E-state index < -0.39 is 0 Å². The zero-order valence-electron chi connectivity index (χ0n) is 10.2. The van der Waals surface area contributed by atoms with Crippen LogP contribution in [0.15, 0.2) is 47.7 Å². The zero-order valence-corrected chi connectivity index (χ0v) is 10.2. The van der Waals surface area contributed by atoms with Crippen LogP contribution >= 0.6 is 0 Å². The number of rotatable bonds is 4. The highest BCUT2D eigenvalue weighted by molar-refractivity contribution is 5.87. The molecule has 92 valence electrons. The van der Waals surface area contributed by atoms with E-state index in [1.54, 1.807) is 6.20 Å². The van der Waals surface area contributed by atoms with Crippen molar-refractivity contribution in [3.05, 3.63) is 48.3 Å². The van der Waals surface area contributed by atoms with Gasteiger partial charge in [0, 0.05) is 5.92 Å². The molecule has 0 aliphatic heterocycles. The first kappa shape index (κ1) is 11.0. The van der Waals surface area contributed by atoms with Crippen LogP contribution < -0.4 is 5.73 Å². The Balaban J connectivity index is 1.71. The number of aromatic nitrogens is 2. The maximum absolute atomic E-state index is 5.89. The molecule has 1 aromatic heterocycles. The largest absolute Gasteiger partial charge is 0.387 e. The van der Waals surface area contributed by atoms with Crippen LogP contribution in [0.1, 0.15) is 18.4 Å². The molecule has 0 unspecified atom stereocenters. The van der Waals surface area contributed by atoms with Gasteiger partial charge in [-0.3, -0.25) is 4.68 Å². The van der Waals surface area contributed by atoms with E-state index >= 15 is 0 Å². The quantitative estimate of drug-likeness (QED) is 0.658. The third-order valence-corrected chi connectivity index (χ3v) is 3.06. The Hall–Kier alpha value is -2.10. The smallest absolute Gasteiger partial charge is 0.103 e. The SMILES string of the molecule is NC(=Nc1cnn(Cc2ccccc2)c1)C1CC1. The van der Waals surface area contributed by atoms with Gasteiger partial charge in [-0.25, -0.2) is 4.99 Å². The highest BCUT2D eigenvalue weighted by Crippen LogP contribution is 2.30. The van der Waals surface area contributed by atoms with Crippen LogP contribution in [0.4, 0.5) is 5.69 Å². The number of hydrogen-bond acceptors (Lipinski definition) is 2. The van der Waals surface area contributed by atoms with E-state index in [1.165, 1.54) is 18.4 Å². The van der Waals surface area contributed by atoms with Gasteiger partial charge in [0.2, 0.25) is 0 Å². The van der Waals surface area contributed by atoms with E-state index in [9.17, 15) is 0 Å². The maximum Gasteiger partial charge on any atom is 0.103 e. The van der Waals surface area contributed by atoms with E-state index in [0.717, 1.165) is 18.1 Å². The number of benzene rings is 1. The second-order valence-electron chi connectivity index (χ2n) is 4.69. The van der Waals surface area contributed by atoms with Crippen molar-refractivity contribution in [1.29, 1.82) is 0 Å². The van der Waals surface area contributed by atoms with Gasteiger partial charge in [-0.1, -0.05) is 30.3 Å². The van der Waals surface area contributed by atoms with Gasteiger partial charge in [0.15, 0.2) is 0 Å². The highest BCUT2D eigenvalue weighted by Gasteiger charge is 2.25. The van der Waals surface area contributed by atoms with Crippen molar-refractivity contribution in [2.75, 3.05) is 0 Å². The molecule has 0 radical (unpaired) electrons. The Morgan fingerprint density at radius 1 is 1.33 bits per heavy atom. The molecule has 0 saturated heterocycles. The van der Waals surface area contributed by atoms with Crippen LogP contribution in [0.25, 0.3) is 0 Å². The second kappa shape index (κ2) is 4.64. The fourth-order valence-corrected chi connectivity index (χ4v) is 1.89. The summed E-state index contributed by atoms with van der Waals surface area (Å²) >= 11 is 0. The first-order valence-corrected chi connectivity index (χ1v) is 6.22. The average molecular weight is 240 g/mol. The van der Waals surface area contributed by atoms with Crippen LogP contribution in [0.2, 0.25) is 0 Å². The molecular weight excluding hydrogens is 224 g/mol. The topological polar surface area (TPSA) is 56.2 Å². The van der Waals surface area contributed by atoms with Gasteiger partial charge < -0.3 is 5.73 Å². The lowest BCUT2D eigenvalue weighted by Gasteiger charge is -2.00. The van der Waals surface area contributed by atoms with E-state index in [1.807, 2.05) is 29.1 Å². The van der Waals surface area contributed by atoms with Gasteiger partial charge in [0.25, 0.3) is 0 Å². The van der Waals surface area contributed by atoms with Gasteiger partial charge in [-0.15, -0.1) is 0 Å². The minimum absolute atomic E-state index is 0.502. The molecule has 0 bridgehead atoms. The number of amidine groups is 1. The third kappa shape index (κ3) is 2.59. The lowest BCUT2D eigenvalue weighted by Crippen LogP contribution is -2.12. The predicted octanol–water partition coefficient (Wildman–Crippen LogP) is 2.33. The number of nitrogens with two attached hydrogens (primary N) is 1. The second-order valence-corrected chi connectivity index (χ2v) is 4.69. The minimum atomic E-state index is 0.502. The Bertz CT molecular complexity index is 552. The molecule has 18 heavy (non-hydrogen) atoms. The van der Waals surface area contributed by atoms with Crippen molar-refractivity contribution >= 4 is 11.5 Å². The molecule has 1 aliphatic rings. The van der Waals surface area contributed by atoms with Crippen LogP contribution in [-0.4, -0.2) is 15.6 Å². The molecule has 3 rings (SSSR count). The number of nitrogens with zero attached hydrogens (tertiary/aromatic N) is 3. The van der Waals surface area contributed by atoms with Crippen molar-refractivity contribution < 1.29 is 0 Å². The fraction of sp³-hybridized carbons (Fsp3) is 0.286. The molecule has 1 saturated carbocycles. The van der Waals surface area contributed by atoms with E-state index in [4.69, 9.17) is 5.73 Å². The molecule has 2 aromatic rings. The first-order chi connectivity index (χ1) is 8.81. The van der Waals surface area contributed by atoms with Crippen LogP contribution in [0, 0.1) is 5.92 Å². The molecule has 1 heterocycles. The summed E-state index contributed by atoms with van der Waals surface area (Å²) in [7, 11) is 0. The summed E-state index contributed by atoms with van der Waals surface area (Å²) in [5.41, 5.74) is 7.96. The van der Waals surface area contributed by atoms with E-state index in [2.05, 4.69) is 22.2 Å². The lowest BCUT2D eigenvalue weighted by molar-refractivity contribution is 0.687. The predicted molar refractivity (Wildman–Crippen MR) is 71.8 cm³/mol. The Labute approximate surface area is 106 Å². The van der Waals surface area contributed by atoms with Gasteiger partial charge in [-0.2, -0.15) is 5.10 Å². The standard InChI is InChI=1S/C14H16N4/c15-14(12-6-7-12)17-13-8-16-18(10-13)9-11-4-2-1-3-5-11/h1-5,8,10,12H,6-7,9H2,(H2,15,17). The van der Waals surface area contributed by atoms with Crippen molar-refractivity contribution in [2.45, 2.75) is 19.4 Å². The average Bonchev–Trinajstić information content (AvgIpc) is 3.15. The van der Waals surface area contributed by atoms with E-state index in [-0.39, 0.29) is 0 Å². The Morgan fingerprint density at radius 2 is 2.11 bits per heavy atom. The van der Waals surface area contributed by atoms with Gasteiger partial charge >= 0.3 is 0 Å². The molecule has 4 nitrogen and oxygen atoms in total. The molecule has 1 aliphatic carbocycles. The molecular formula is C14H16N4. The monoisotopic (exact) mass is 240 g/mol. The summed E-state index contributed by atoms with van der Waals surface area (Å²) in [6, 6.07) is 10.2. The van der Waals surface area contributed by atoms with Gasteiger partial charge in [0.05, 0.1) is 18.9 Å². The highest BCUT2D eigenvalue weighted by atomic mass is 15.3. The summed E-state index contributed by atoms with van der Waals surface area (Å²) in [4.78, 5) is 4.39. The molecule has 4 heteroatoms. The number of aliphatic imine (C=N–C) groups is 1. The van der Waals surface area contributed by atoms with Crippen LogP contribution in [0.3, 0.4) is 0 Å². The number of hydrogen-bond donors (Lipinski definition) is 1. The molecule has 1 aromatic carbocycles. The maximum atomic E-state index is 5.89. The third-order valence-electron chi connectivity index (χ3n) is 3.06. The van der Waals surface area contributed by atoms with Crippen molar-refractivity contribution in [2.24, 2.45) is 16.6 Å². The summed E-state index contributed by atoms with van der Waals surface area (Å²) < 4.78 is 1.88. The van der Waals surface area contributed by atoms with Crippen LogP contribution in [0.5, 0.6) is 0 Å². The zero-order chi connectivity index (χ0) is 12.4. The Kier molecular flexibility index (Phi) is 2.84. The minimum Gasteiger partial charge on any atom is -0.387 e.